The number of aromatic nitrogens is 2. The van der Waals surface area contributed by atoms with Crippen LogP contribution in [0, 0.1) is 13.8 Å². The molecule has 0 fully saturated rings. The zero-order chi connectivity index (χ0) is 14.9. The van der Waals surface area contributed by atoms with Crippen LogP contribution in [0.4, 0.5) is 0 Å². The van der Waals surface area contributed by atoms with E-state index in [0.717, 1.165) is 0 Å². The van der Waals surface area contributed by atoms with Gasteiger partial charge in [0, 0.05) is 5.69 Å². The molecular weight excluding hydrogens is 258 g/mol. The average molecular weight is 277 g/mol. The normalized spacial score (nSPS) is 14.2. The fraction of sp³-hybridized carbons (Fsp3) is 0.500. The Morgan fingerprint density at radius 1 is 1.50 bits per heavy atom. The minimum Gasteiger partial charge on any atom is -0.394 e. The van der Waals surface area contributed by atoms with Crippen molar-refractivity contribution in [3.63, 3.8) is 0 Å². The number of nitrogens with one attached hydrogen (secondary N) is 1. The van der Waals surface area contributed by atoms with Crippen LogP contribution in [0.5, 0.6) is 0 Å². The monoisotopic (exact) mass is 277 g/mol. The number of amides is 1. The average Bonchev–Trinajstić information content (AvgIpc) is 2.79. The minimum atomic E-state index is -0.647. The molecule has 0 saturated heterocycles. The molecule has 6 nitrogen and oxygen atoms in total. The van der Waals surface area contributed by atoms with Gasteiger partial charge in [0.2, 0.25) is 0 Å². The molecule has 1 atom stereocenters. The van der Waals surface area contributed by atoms with Crippen molar-refractivity contribution in [3.05, 3.63) is 23.0 Å². The molecule has 0 saturated carbocycles. The summed E-state index contributed by atoms with van der Waals surface area (Å²) in [6.07, 6.45) is 0.630. The number of pyridine rings is 1. The maximum absolute atomic E-state index is 12.5. The number of hydrogen-bond donors (Lipinski definition) is 2. The molecule has 0 radical (unpaired) electrons. The van der Waals surface area contributed by atoms with Crippen LogP contribution >= 0.6 is 0 Å². The van der Waals surface area contributed by atoms with Gasteiger partial charge in [-0.25, -0.2) is 4.98 Å². The minimum absolute atomic E-state index is 0.120. The molecule has 1 amide bonds. The molecule has 6 heteroatoms. The van der Waals surface area contributed by atoms with Crippen LogP contribution < -0.4 is 5.32 Å². The lowest BCUT2D eigenvalue weighted by Gasteiger charge is -2.27. The maximum Gasteiger partial charge on any atom is 0.258 e. The second-order valence-electron chi connectivity index (χ2n) is 5.29. The van der Waals surface area contributed by atoms with E-state index in [1.54, 1.807) is 26.8 Å². The summed E-state index contributed by atoms with van der Waals surface area (Å²) >= 11 is 0. The van der Waals surface area contributed by atoms with Crippen LogP contribution in [0.25, 0.3) is 11.1 Å². The smallest absolute Gasteiger partial charge is 0.258 e. The van der Waals surface area contributed by atoms with Gasteiger partial charge in [0.05, 0.1) is 28.8 Å². The molecule has 2 aromatic rings. The quantitative estimate of drug-likeness (QED) is 0.888. The lowest BCUT2D eigenvalue weighted by molar-refractivity contribution is 0.0849. The highest BCUT2D eigenvalue weighted by molar-refractivity contribution is 6.06. The molecule has 0 aliphatic rings. The van der Waals surface area contributed by atoms with Crippen molar-refractivity contribution in [2.24, 2.45) is 0 Å². The molecular formula is C14H19N3O3. The Bertz CT molecular complexity index is 644. The summed E-state index contributed by atoms with van der Waals surface area (Å²) in [4.78, 5) is 16.7. The van der Waals surface area contributed by atoms with Crippen LogP contribution in [0.15, 0.2) is 10.6 Å². The van der Waals surface area contributed by atoms with Crippen LogP contribution in [0.3, 0.4) is 0 Å². The number of nitrogens with zero attached hydrogens (tertiary/aromatic N) is 2. The first-order valence-electron chi connectivity index (χ1n) is 6.57. The summed E-state index contributed by atoms with van der Waals surface area (Å²) in [6.45, 7) is 7.15. The van der Waals surface area contributed by atoms with Crippen LogP contribution in [0.2, 0.25) is 0 Å². The molecule has 0 bridgehead atoms. The number of aliphatic hydroxyl groups is 1. The standard InChI is InChI=1S/C14H19N3O3/c1-5-14(4,7-18)16-12(19)10-6-8(2)15-13-11(10)9(3)17-20-13/h6,18H,5,7H2,1-4H3,(H,16,19). The number of aryl methyl sites for hydroxylation is 2. The topological polar surface area (TPSA) is 88.2 Å². The van der Waals surface area contributed by atoms with Crippen molar-refractivity contribution in [3.8, 4) is 0 Å². The summed E-state index contributed by atoms with van der Waals surface area (Å²) < 4.78 is 5.11. The van der Waals surface area contributed by atoms with Crippen LogP contribution in [0.1, 0.15) is 42.0 Å². The Morgan fingerprint density at radius 2 is 2.20 bits per heavy atom. The van der Waals surface area contributed by atoms with Gasteiger partial charge in [0.25, 0.3) is 11.6 Å². The van der Waals surface area contributed by atoms with E-state index in [9.17, 15) is 9.90 Å². The molecule has 0 spiro atoms. The zero-order valence-corrected chi connectivity index (χ0v) is 12.1. The molecule has 0 aliphatic carbocycles. The van der Waals surface area contributed by atoms with Gasteiger partial charge in [0.1, 0.15) is 0 Å². The Morgan fingerprint density at radius 3 is 2.80 bits per heavy atom. The third-order valence-corrected chi connectivity index (χ3v) is 3.53. The van der Waals surface area contributed by atoms with Gasteiger partial charge in [-0.1, -0.05) is 12.1 Å². The SMILES string of the molecule is CCC(C)(CO)NC(=O)c1cc(C)nc2onc(C)c12. The van der Waals surface area contributed by atoms with Gasteiger partial charge in [0.15, 0.2) is 0 Å². The molecule has 2 rings (SSSR count). The highest BCUT2D eigenvalue weighted by Crippen LogP contribution is 2.22. The van der Waals surface area contributed by atoms with Crippen molar-refractivity contribution in [1.29, 1.82) is 0 Å². The Hall–Kier alpha value is -1.95. The fourth-order valence-electron chi connectivity index (χ4n) is 1.98. The summed E-state index contributed by atoms with van der Waals surface area (Å²) in [6, 6.07) is 1.70. The second kappa shape index (κ2) is 5.20. The maximum atomic E-state index is 12.5. The van der Waals surface area contributed by atoms with E-state index in [4.69, 9.17) is 4.52 Å². The lowest BCUT2D eigenvalue weighted by Crippen LogP contribution is -2.48. The molecule has 0 aromatic carbocycles. The number of carbonyl (C=O) groups excluding carboxylic acids is 1. The molecule has 0 aliphatic heterocycles. The third-order valence-electron chi connectivity index (χ3n) is 3.53. The molecule has 2 aromatic heterocycles. The van der Waals surface area contributed by atoms with E-state index >= 15 is 0 Å². The lowest BCUT2D eigenvalue weighted by atomic mass is 9.99. The number of hydrogen-bond acceptors (Lipinski definition) is 5. The van der Waals surface area contributed by atoms with E-state index < -0.39 is 5.54 Å². The highest BCUT2D eigenvalue weighted by Gasteiger charge is 2.26. The highest BCUT2D eigenvalue weighted by atomic mass is 16.5. The number of fused-ring (bicyclic) bond motifs is 1. The third kappa shape index (κ3) is 2.51. The molecule has 20 heavy (non-hydrogen) atoms. The molecule has 2 N–H and O–H groups in total. The van der Waals surface area contributed by atoms with Gasteiger partial charge in [-0.05, 0) is 33.3 Å². The second-order valence-corrected chi connectivity index (χ2v) is 5.29. The van der Waals surface area contributed by atoms with E-state index in [1.807, 2.05) is 6.92 Å². The van der Waals surface area contributed by atoms with Crippen molar-refractivity contribution in [2.45, 2.75) is 39.7 Å². The van der Waals surface area contributed by atoms with Crippen LogP contribution in [-0.2, 0) is 0 Å². The predicted octanol–water partition coefficient (Wildman–Crippen LogP) is 1.73. The first-order chi connectivity index (χ1) is 9.40. The van der Waals surface area contributed by atoms with E-state index in [2.05, 4.69) is 15.5 Å². The summed E-state index contributed by atoms with van der Waals surface area (Å²) in [5.41, 5.74) is 1.49. The Labute approximate surface area is 117 Å². The van der Waals surface area contributed by atoms with E-state index in [0.29, 0.717) is 34.5 Å². The summed E-state index contributed by atoms with van der Waals surface area (Å²) in [7, 11) is 0. The summed E-state index contributed by atoms with van der Waals surface area (Å²) in [5.74, 6) is -0.259. The molecule has 2 heterocycles. The predicted molar refractivity (Wildman–Crippen MR) is 74.5 cm³/mol. The molecule has 1 unspecified atom stereocenters. The van der Waals surface area contributed by atoms with Crippen molar-refractivity contribution < 1.29 is 14.4 Å². The van der Waals surface area contributed by atoms with E-state index in [1.165, 1.54) is 0 Å². The van der Waals surface area contributed by atoms with Gasteiger partial charge in [-0.3, -0.25) is 4.79 Å². The van der Waals surface area contributed by atoms with Gasteiger partial charge >= 0.3 is 0 Å². The Balaban J connectivity index is 2.47. The first-order valence-corrected chi connectivity index (χ1v) is 6.57. The number of aliphatic hydroxyl groups excluding tert-OH is 1. The van der Waals surface area contributed by atoms with Crippen molar-refractivity contribution in [2.75, 3.05) is 6.61 Å². The van der Waals surface area contributed by atoms with Gasteiger partial charge in [-0.15, -0.1) is 0 Å². The fourth-order valence-corrected chi connectivity index (χ4v) is 1.98. The van der Waals surface area contributed by atoms with Crippen LogP contribution in [-0.4, -0.2) is 33.3 Å². The van der Waals surface area contributed by atoms with Gasteiger partial charge < -0.3 is 14.9 Å². The van der Waals surface area contributed by atoms with Crippen molar-refractivity contribution in [1.82, 2.24) is 15.5 Å². The first kappa shape index (κ1) is 14.5. The Kier molecular flexibility index (Phi) is 3.76. The molecule has 108 valence electrons. The largest absolute Gasteiger partial charge is 0.394 e. The summed E-state index contributed by atoms with van der Waals surface area (Å²) in [5, 5.41) is 16.7. The number of carbonyl (C=O) groups is 1. The van der Waals surface area contributed by atoms with Crippen molar-refractivity contribution >= 4 is 17.0 Å². The zero-order valence-electron chi connectivity index (χ0n) is 12.1. The van der Waals surface area contributed by atoms with Gasteiger partial charge in [-0.2, -0.15) is 0 Å². The number of rotatable bonds is 4. The van der Waals surface area contributed by atoms with E-state index in [-0.39, 0.29) is 12.5 Å².